The number of thioether (sulfide) groups is 1. The molecule has 0 spiro atoms. The predicted molar refractivity (Wildman–Crippen MR) is 131 cm³/mol. The summed E-state index contributed by atoms with van der Waals surface area (Å²) in [5.74, 6) is 4.33. The smallest absolute Gasteiger partial charge is 0.193 e. The van der Waals surface area contributed by atoms with Crippen molar-refractivity contribution in [3.63, 3.8) is 0 Å². The molecular formula is C20H39IN6S. The van der Waals surface area contributed by atoms with Gasteiger partial charge in [-0.3, -0.25) is 4.99 Å². The van der Waals surface area contributed by atoms with Crippen LogP contribution in [-0.4, -0.2) is 58.6 Å². The van der Waals surface area contributed by atoms with Crippen molar-refractivity contribution in [1.82, 2.24) is 25.0 Å². The van der Waals surface area contributed by atoms with Crippen LogP contribution in [-0.2, 0) is 13.0 Å². The number of hydrogen-bond acceptors (Lipinski definition) is 4. The Morgan fingerprint density at radius 3 is 2.61 bits per heavy atom. The van der Waals surface area contributed by atoms with Crippen LogP contribution >= 0.6 is 35.7 Å². The van der Waals surface area contributed by atoms with Crippen LogP contribution in [0, 0.1) is 17.8 Å². The van der Waals surface area contributed by atoms with Gasteiger partial charge in [0.25, 0.3) is 0 Å². The number of nitrogens with zero attached hydrogens (tertiary/aromatic N) is 5. The zero-order valence-corrected chi connectivity index (χ0v) is 21.6. The first-order valence-electron chi connectivity index (χ1n) is 10.4. The minimum Gasteiger partial charge on any atom is -0.356 e. The summed E-state index contributed by atoms with van der Waals surface area (Å²) < 4.78 is 2.28. The summed E-state index contributed by atoms with van der Waals surface area (Å²) in [6.07, 6.45) is 6.65. The number of aryl methyl sites for hydroxylation is 1. The molecule has 8 heteroatoms. The van der Waals surface area contributed by atoms with Crippen molar-refractivity contribution in [2.45, 2.75) is 65.1 Å². The molecule has 1 aliphatic heterocycles. The molecule has 0 radical (unpaired) electrons. The van der Waals surface area contributed by atoms with E-state index in [1.165, 1.54) is 12.8 Å². The van der Waals surface area contributed by atoms with Crippen molar-refractivity contribution in [2.24, 2.45) is 22.7 Å². The Morgan fingerprint density at radius 2 is 2.00 bits per heavy atom. The summed E-state index contributed by atoms with van der Waals surface area (Å²) in [6, 6.07) is 0. The van der Waals surface area contributed by atoms with Crippen LogP contribution in [0.3, 0.4) is 0 Å². The van der Waals surface area contributed by atoms with Crippen molar-refractivity contribution in [3.05, 3.63) is 5.82 Å². The monoisotopic (exact) mass is 522 g/mol. The first kappa shape index (κ1) is 25.5. The number of aliphatic imine (C=N–C) groups is 1. The van der Waals surface area contributed by atoms with Gasteiger partial charge in [-0.05, 0) is 43.3 Å². The number of aromatic nitrogens is 3. The molecule has 0 saturated carbocycles. The van der Waals surface area contributed by atoms with E-state index < -0.39 is 0 Å². The van der Waals surface area contributed by atoms with E-state index in [0.29, 0.717) is 5.92 Å². The number of likely N-dealkylation sites (tertiary alicyclic amines) is 1. The second-order valence-corrected chi connectivity index (χ2v) is 9.19. The van der Waals surface area contributed by atoms with Gasteiger partial charge < -0.3 is 14.8 Å². The Hall–Kier alpha value is -0.510. The molecule has 162 valence electrons. The topological polar surface area (TPSA) is 58.3 Å². The molecule has 1 aromatic heterocycles. The standard InChI is InChI=1S/C20H38N6S.HI/c1-15(2)12-17-9-11-25(14-17)19(21-5)22-10-7-8-18-23-24-20(27-6)26(18)13-16(3)4;/h15-17H,7-14H2,1-6H3,(H,21,22);1H. The summed E-state index contributed by atoms with van der Waals surface area (Å²) >= 11 is 1.67. The molecule has 1 N–H and O–H groups in total. The summed E-state index contributed by atoms with van der Waals surface area (Å²) in [5.41, 5.74) is 0. The molecule has 0 bridgehead atoms. The van der Waals surface area contributed by atoms with Gasteiger partial charge in [-0.1, -0.05) is 39.5 Å². The SMILES string of the molecule is CN=C(NCCCc1nnc(SC)n1CC(C)C)N1CCC(CC(C)C)C1.I. The maximum Gasteiger partial charge on any atom is 0.193 e. The van der Waals surface area contributed by atoms with Crippen LogP contribution in [0.5, 0.6) is 0 Å². The molecule has 2 rings (SSSR count). The average molecular weight is 523 g/mol. The van der Waals surface area contributed by atoms with Crippen molar-refractivity contribution >= 4 is 41.7 Å². The molecule has 1 aromatic rings. The molecule has 6 nitrogen and oxygen atoms in total. The van der Waals surface area contributed by atoms with E-state index in [-0.39, 0.29) is 24.0 Å². The molecule has 1 aliphatic rings. The minimum atomic E-state index is 0. The normalized spacial score (nSPS) is 17.5. The zero-order valence-electron chi connectivity index (χ0n) is 18.4. The molecule has 0 aromatic carbocycles. The lowest BCUT2D eigenvalue weighted by Gasteiger charge is -2.22. The van der Waals surface area contributed by atoms with Gasteiger partial charge in [-0.15, -0.1) is 34.2 Å². The fraction of sp³-hybridized carbons (Fsp3) is 0.850. The fourth-order valence-corrected chi connectivity index (χ4v) is 4.39. The van der Waals surface area contributed by atoms with Crippen LogP contribution in [0.1, 0.15) is 52.8 Å². The highest BCUT2D eigenvalue weighted by Crippen LogP contribution is 2.23. The fourth-order valence-electron chi connectivity index (χ4n) is 3.87. The van der Waals surface area contributed by atoms with E-state index in [4.69, 9.17) is 0 Å². The van der Waals surface area contributed by atoms with Crippen LogP contribution < -0.4 is 5.32 Å². The van der Waals surface area contributed by atoms with Crippen molar-refractivity contribution in [1.29, 1.82) is 0 Å². The molecule has 1 fully saturated rings. The van der Waals surface area contributed by atoms with E-state index in [2.05, 4.69) is 63.9 Å². The third kappa shape index (κ3) is 7.72. The number of nitrogens with one attached hydrogen (secondary N) is 1. The maximum atomic E-state index is 4.50. The van der Waals surface area contributed by atoms with E-state index in [9.17, 15) is 0 Å². The molecule has 1 atom stereocenters. The third-order valence-corrected chi connectivity index (χ3v) is 5.65. The Kier molecular flexibility index (Phi) is 11.8. The quantitative estimate of drug-likeness (QED) is 0.174. The van der Waals surface area contributed by atoms with Gasteiger partial charge in [0.05, 0.1) is 0 Å². The van der Waals surface area contributed by atoms with Crippen LogP contribution in [0.15, 0.2) is 10.1 Å². The largest absolute Gasteiger partial charge is 0.356 e. The average Bonchev–Trinajstić information content (AvgIpc) is 3.21. The van der Waals surface area contributed by atoms with Gasteiger partial charge in [0.15, 0.2) is 11.1 Å². The van der Waals surface area contributed by atoms with Gasteiger partial charge in [-0.25, -0.2) is 0 Å². The molecule has 28 heavy (non-hydrogen) atoms. The predicted octanol–water partition coefficient (Wildman–Crippen LogP) is 4.15. The van der Waals surface area contributed by atoms with Gasteiger partial charge >= 0.3 is 0 Å². The van der Waals surface area contributed by atoms with Crippen molar-refractivity contribution in [2.75, 3.05) is 32.9 Å². The third-order valence-electron chi connectivity index (χ3n) is 4.99. The van der Waals surface area contributed by atoms with E-state index in [0.717, 1.165) is 67.8 Å². The van der Waals surface area contributed by atoms with E-state index in [1.54, 1.807) is 11.8 Å². The van der Waals surface area contributed by atoms with E-state index >= 15 is 0 Å². The number of rotatable bonds is 9. The number of guanidine groups is 1. The lowest BCUT2D eigenvalue weighted by Crippen LogP contribution is -2.40. The number of hydrogen-bond donors (Lipinski definition) is 1. The molecule has 1 unspecified atom stereocenters. The first-order chi connectivity index (χ1) is 12.9. The maximum absolute atomic E-state index is 4.50. The van der Waals surface area contributed by atoms with Gasteiger partial charge in [0.1, 0.15) is 5.82 Å². The summed E-state index contributed by atoms with van der Waals surface area (Å²) in [6.45, 7) is 13.3. The highest BCUT2D eigenvalue weighted by Gasteiger charge is 2.25. The Morgan fingerprint density at radius 1 is 1.25 bits per heavy atom. The lowest BCUT2D eigenvalue weighted by atomic mass is 9.97. The molecule has 0 aliphatic carbocycles. The molecule has 0 amide bonds. The molecule has 2 heterocycles. The summed E-state index contributed by atoms with van der Waals surface area (Å²) in [7, 11) is 1.89. The Balaban J connectivity index is 0.00000392. The zero-order chi connectivity index (χ0) is 19.8. The van der Waals surface area contributed by atoms with Crippen LogP contribution in [0.2, 0.25) is 0 Å². The summed E-state index contributed by atoms with van der Waals surface area (Å²) in [5, 5.41) is 13.3. The molecule has 1 saturated heterocycles. The highest BCUT2D eigenvalue weighted by atomic mass is 127. The highest BCUT2D eigenvalue weighted by molar-refractivity contribution is 14.0. The van der Waals surface area contributed by atoms with Crippen LogP contribution in [0.25, 0.3) is 0 Å². The van der Waals surface area contributed by atoms with Crippen LogP contribution in [0.4, 0.5) is 0 Å². The Labute approximate surface area is 192 Å². The minimum absolute atomic E-state index is 0. The van der Waals surface area contributed by atoms with Gasteiger partial charge in [-0.2, -0.15) is 0 Å². The first-order valence-corrected chi connectivity index (χ1v) is 11.6. The number of halogens is 1. The lowest BCUT2D eigenvalue weighted by molar-refractivity contribution is 0.403. The van der Waals surface area contributed by atoms with Crippen molar-refractivity contribution < 1.29 is 0 Å². The second-order valence-electron chi connectivity index (χ2n) is 8.42. The summed E-state index contributed by atoms with van der Waals surface area (Å²) in [4.78, 5) is 6.91. The Bertz CT molecular complexity index is 602. The van der Waals surface area contributed by atoms with Gasteiger partial charge in [0, 0.05) is 39.6 Å². The van der Waals surface area contributed by atoms with Crippen molar-refractivity contribution in [3.8, 4) is 0 Å². The second kappa shape index (κ2) is 12.9. The molecular weight excluding hydrogens is 483 g/mol. The van der Waals surface area contributed by atoms with Gasteiger partial charge in [0.2, 0.25) is 0 Å². The van der Waals surface area contributed by atoms with E-state index in [1.807, 2.05) is 7.05 Å².